The molecule has 0 N–H and O–H groups in total. The van der Waals surface area contributed by atoms with Gasteiger partial charge in [0, 0.05) is 16.5 Å². The number of benzene rings is 4. The molecule has 0 atom stereocenters. The molecule has 0 aliphatic heterocycles. The normalized spacial score (nSPS) is 10.4. The molecule has 0 nitrogen and oxygen atoms in total. The lowest BCUT2D eigenvalue weighted by Gasteiger charge is -2.05. The van der Waals surface area contributed by atoms with Crippen molar-refractivity contribution < 1.29 is 0 Å². The largest absolute Gasteiger partial charge is 0.0931 e. The molecule has 0 saturated carbocycles. The third-order valence-corrected chi connectivity index (χ3v) is 5.12. The van der Waals surface area contributed by atoms with E-state index in [0.29, 0.717) is 0 Å². The SMILES string of the molecule is Brc1ccc(CC#Cc2ccc3ccc(Cc4ccccc4)cc3c2)cc1. The molecule has 4 aromatic carbocycles. The molecule has 0 saturated heterocycles. The van der Waals surface area contributed by atoms with E-state index in [4.69, 9.17) is 0 Å². The quantitative estimate of drug-likeness (QED) is 0.326. The van der Waals surface area contributed by atoms with E-state index in [-0.39, 0.29) is 0 Å². The maximum atomic E-state index is 3.46. The summed E-state index contributed by atoms with van der Waals surface area (Å²) in [5.74, 6) is 6.60. The van der Waals surface area contributed by atoms with Gasteiger partial charge in [0.15, 0.2) is 0 Å². The van der Waals surface area contributed by atoms with Crippen LogP contribution in [0.25, 0.3) is 10.8 Å². The molecule has 0 radical (unpaired) electrons. The maximum absolute atomic E-state index is 3.46. The van der Waals surface area contributed by atoms with Crippen molar-refractivity contribution in [3.05, 3.63) is 118 Å². The van der Waals surface area contributed by atoms with E-state index in [0.717, 1.165) is 22.9 Å². The highest BCUT2D eigenvalue weighted by Crippen LogP contribution is 2.20. The van der Waals surface area contributed by atoms with Crippen LogP contribution in [-0.2, 0) is 12.8 Å². The first-order chi connectivity index (χ1) is 13.3. The highest BCUT2D eigenvalue weighted by molar-refractivity contribution is 9.10. The average molecular weight is 411 g/mol. The van der Waals surface area contributed by atoms with E-state index in [1.165, 1.54) is 27.5 Å². The molecule has 27 heavy (non-hydrogen) atoms. The van der Waals surface area contributed by atoms with Gasteiger partial charge in [-0.25, -0.2) is 0 Å². The highest BCUT2D eigenvalue weighted by atomic mass is 79.9. The van der Waals surface area contributed by atoms with Gasteiger partial charge in [0.05, 0.1) is 0 Å². The molecule has 0 fully saturated rings. The second-order valence-electron chi connectivity index (χ2n) is 6.66. The molecule has 4 rings (SSSR count). The van der Waals surface area contributed by atoms with Gasteiger partial charge in [-0.05, 0) is 58.1 Å². The molecule has 0 aromatic heterocycles. The van der Waals surface area contributed by atoms with Gasteiger partial charge in [0.1, 0.15) is 0 Å². The predicted molar refractivity (Wildman–Crippen MR) is 118 cm³/mol. The monoisotopic (exact) mass is 410 g/mol. The summed E-state index contributed by atoms with van der Waals surface area (Å²) in [6.07, 6.45) is 1.72. The average Bonchev–Trinajstić information content (AvgIpc) is 2.70. The second-order valence-corrected chi connectivity index (χ2v) is 7.58. The zero-order valence-corrected chi connectivity index (χ0v) is 16.5. The molecule has 0 amide bonds. The van der Waals surface area contributed by atoms with Crippen molar-refractivity contribution in [3.63, 3.8) is 0 Å². The summed E-state index contributed by atoms with van der Waals surface area (Å²) in [6.45, 7) is 0. The van der Waals surface area contributed by atoms with Crippen molar-refractivity contribution in [3.8, 4) is 11.8 Å². The molecule has 0 bridgehead atoms. The first-order valence-electron chi connectivity index (χ1n) is 9.06. The van der Waals surface area contributed by atoms with Gasteiger partial charge < -0.3 is 0 Å². The lowest BCUT2D eigenvalue weighted by atomic mass is 10.00. The van der Waals surface area contributed by atoms with Crippen LogP contribution in [0.5, 0.6) is 0 Å². The van der Waals surface area contributed by atoms with E-state index in [2.05, 4.69) is 119 Å². The number of halogens is 1. The summed E-state index contributed by atoms with van der Waals surface area (Å²) >= 11 is 3.46. The minimum absolute atomic E-state index is 0.763. The summed E-state index contributed by atoms with van der Waals surface area (Å²) in [5.41, 5.74) is 4.96. The van der Waals surface area contributed by atoms with Crippen LogP contribution in [0, 0.1) is 11.8 Å². The number of hydrogen-bond acceptors (Lipinski definition) is 0. The van der Waals surface area contributed by atoms with Crippen molar-refractivity contribution in [1.29, 1.82) is 0 Å². The van der Waals surface area contributed by atoms with Gasteiger partial charge >= 0.3 is 0 Å². The molecule has 130 valence electrons. The minimum Gasteiger partial charge on any atom is -0.0931 e. The van der Waals surface area contributed by atoms with E-state index in [9.17, 15) is 0 Å². The fourth-order valence-corrected chi connectivity index (χ4v) is 3.43. The van der Waals surface area contributed by atoms with Crippen LogP contribution in [0.2, 0.25) is 0 Å². The number of fused-ring (bicyclic) bond motifs is 1. The summed E-state index contributed by atoms with van der Waals surface area (Å²) in [5, 5.41) is 2.50. The third-order valence-electron chi connectivity index (χ3n) is 4.59. The standard InChI is InChI=1S/C26H19Br/c27-26-15-11-20(12-16-26)7-4-8-22-9-13-24-14-10-23(19-25(24)18-22)17-21-5-2-1-3-6-21/h1-3,5-6,9-16,18-19H,7,17H2. The first kappa shape index (κ1) is 17.6. The molecule has 0 heterocycles. The van der Waals surface area contributed by atoms with Crippen LogP contribution in [-0.4, -0.2) is 0 Å². The van der Waals surface area contributed by atoms with Crippen LogP contribution in [0.4, 0.5) is 0 Å². The Morgan fingerprint density at radius 1 is 0.630 bits per heavy atom. The van der Waals surface area contributed by atoms with Gasteiger partial charge in [-0.2, -0.15) is 0 Å². The van der Waals surface area contributed by atoms with E-state index in [1.54, 1.807) is 0 Å². The Balaban J connectivity index is 1.54. The Kier molecular flexibility index (Phi) is 5.37. The zero-order valence-electron chi connectivity index (χ0n) is 15.0. The van der Waals surface area contributed by atoms with Gasteiger partial charge in [0.2, 0.25) is 0 Å². The Hall–Kier alpha value is -2.82. The topological polar surface area (TPSA) is 0 Å². The van der Waals surface area contributed by atoms with Gasteiger partial charge in [-0.1, -0.05) is 94.5 Å². The molecule has 4 aromatic rings. The highest BCUT2D eigenvalue weighted by Gasteiger charge is 2.00. The smallest absolute Gasteiger partial charge is 0.0344 e. The summed E-state index contributed by atoms with van der Waals surface area (Å²) in [6, 6.07) is 32.1. The van der Waals surface area contributed by atoms with Crippen LogP contribution in [0.1, 0.15) is 22.3 Å². The van der Waals surface area contributed by atoms with Crippen LogP contribution in [0.3, 0.4) is 0 Å². The van der Waals surface area contributed by atoms with Crippen LogP contribution < -0.4 is 0 Å². The Bertz CT molecular complexity index is 1110. The van der Waals surface area contributed by atoms with Gasteiger partial charge in [-0.15, -0.1) is 0 Å². The fourth-order valence-electron chi connectivity index (χ4n) is 3.17. The Morgan fingerprint density at radius 3 is 2.19 bits per heavy atom. The van der Waals surface area contributed by atoms with Gasteiger partial charge in [-0.3, -0.25) is 0 Å². The molecule has 0 spiro atoms. The molecule has 0 aliphatic carbocycles. The Labute approximate surface area is 169 Å². The number of hydrogen-bond donors (Lipinski definition) is 0. The third kappa shape index (κ3) is 4.67. The van der Waals surface area contributed by atoms with E-state index < -0.39 is 0 Å². The lowest BCUT2D eigenvalue weighted by molar-refractivity contribution is 1.20. The molecule has 0 unspecified atom stereocenters. The van der Waals surface area contributed by atoms with Crippen LogP contribution in [0.15, 0.2) is 95.5 Å². The van der Waals surface area contributed by atoms with Crippen LogP contribution >= 0.6 is 15.9 Å². The van der Waals surface area contributed by atoms with Crippen molar-refractivity contribution in [2.45, 2.75) is 12.8 Å². The number of rotatable bonds is 3. The summed E-state index contributed by atoms with van der Waals surface area (Å²) < 4.78 is 1.10. The summed E-state index contributed by atoms with van der Waals surface area (Å²) in [4.78, 5) is 0. The first-order valence-corrected chi connectivity index (χ1v) is 9.85. The van der Waals surface area contributed by atoms with E-state index in [1.807, 2.05) is 0 Å². The Morgan fingerprint density at radius 2 is 1.37 bits per heavy atom. The molecular formula is C26H19Br. The van der Waals surface area contributed by atoms with Crippen molar-refractivity contribution in [2.75, 3.05) is 0 Å². The van der Waals surface area contributed by atoms with Crippen molar-refractivity contribution >= 4 is 26.7 Å². The summed E-state index contributed by atoms with van der Waals surface area (Å²) in [7, 11) is 0. The minimum atomic E-state index is 0.763. The predicted octanol–water partition coefficient (Wildman–Crippen LogP) is 6.79. The molecule has 1 heteroatoms. The molecule has 0 aliphatic rings. The van der Waals surface area contributed by atoms with E-state index >= 15 is 0 Å². The van der Waals surface area contributed by atoms with Crippen molar-refractivity contribution in [2.24, 2.45) is 0 Å². The van der Waals surface area contributed by atoms with Gasteiger partial charge in [0.25, 0.3) is 0 Å². The lowest BCUT2D eigenvalue weighted by Crippen LogP contribution is -1.88. The second kappa shape index (κ2) is 8.25. The molecular weight excluding hydrogens is 392 g/mol. The fraction of sp³-hybridized carbons (Fsp3) is 0.0769. The van der Waals surface area contributed by atoms with Crippen molar-refractivity contribution in [1.82, 2.24) is 0 Å². The maximum Gasteiger partial charge on any atom is 0.0344 e. The zero-order chi connectivity index (χ0) is 18.5.